The number of hydrogen-bond donors (Lipinski definition) is 0. The van der Waals surface area contributed by atoms with Gasteiger partial charge in [-0.15, -0.1) is 0 Å². The van der Waals surface area contributed by atoms with Crippen LogP contribution in [0.15, 0.2) is 413 Å². The molecule has 0 spiro atoms. The van der Waals surface area contributed by atoms with Crippen LogP contribution in [0.2, 0.25) is 0 Å². The fourth-order valence-corrected chi connectivity index (χ4v) is 16.5. The SMILES string of the molecule is c1ccc(-c2nc(-c3ccc(-n4c5ccccc5c5ccccc54)cc3)cc(-c3cccc(-c4ccc5ccc(-c6ccc7ccc(-c8cccc9cccnc89)nc7c6)cc5n4)c3)n2)cc1.c1ccc(-c2nc(-c3ccccc3)nc(-c3cccc(-c4ccc5ccc(-c6ccc7ccc(-c8cccc9cccnc89)nc7c6)cc5n4)c3)n2)cc1. The van der Waals surface area contributed by atoms with Crippen LogP contribution in [0.3, 0.4) is 0 Å². The maximum Gasteiger partial charge on any atom is 0.164 e. The highest BCUT2D eigenvalue weighted by atomic mass is 15.0. The lowest BCUT2D eigenvalue weighted by atomic mass is 10.00. The second-order valence-electron chi connectivity index (χ2n) is 30.1. The number of aromatic nitrogens is 12. The minimum absolute atomic E-state index is 0.609. The first-order valence-corrected chi connectivity index (χ1v) is 40.3. The van der Waals surface area contributed by atoms with Gasteiger partial charge in [-0.3, -0.25) is 9.97 Å². The molecule has 0 aliphatic heterocycles. The van der Waals surface area contributed by atoms with E-state index in [1.165, 1.54) is 21.8 Å². The van der Waals surface area contributed by atoms with Crippen molar-refractivity contribution < 1.29 is 0 Å². The van der Waals surface area contributed by atoms with Crippen LogP contribution < -0.4 is 0 Å². The van der Waals surface area contributed by atoms with Crippen molar-refractivity contribution in [2.75, 3.05) is 0 Å². The summed E-state index contributed by atoms with van der Waals surface area (Å²) in [4.78, 5) is 55.0. The minimum Gasteiger partial charge on any atom is -0.309 e. The predicted octanol–water partition coefficient (Wildman–Crippen LogP) is 26.7. The third kappa shape index (κ3) is 13.8. The molecule has 0 amide bonds. The lowest BCUT2D eigenvalue weighted by Gasteiger charge is -2.12. The van der Waals surface area contributed by atoms with Crippen LogP contribution in [0.4, 0.5) is 0 Å². The molecule has 12 heteroatoms. The normalized spacial score (nSPS) is 11.5. The standard InChI is InChI=1S/C61H38N6.C48H30N6/c1-2-11-43(12-3-1)61-65-56(41-26-30-48(31-27-41)67-58-20-6-4-17-49(58)50-18-5-7-21-59(50)67)38-57(66-61)47-15-8-14-46(35-47)52-32-28-39-22-24-44(36-54(39)63-52)45-25-23-40-29-33-53(64-55(40)37-45)51-19-9-13-42-16-10-34-62-60(42)51;1-3-10-34(11-4-1)46-52-47(35-12-5-2-6-13-35)54-48(53-46)39-16-7-15-38(28-39)41-25-23-31-19-21-36(29-43(31)50-41)37-22-20-32-24-26-42(51-44(32)30-37)40-18-8-14-33-17-9-27-49-45(33)40/h1-38H;1-30H. The summed E-state index contributed by atoms with van der Waals surface area (Å²) >= 11 is 0. The first-order chi connectivity index (χ1) is 59.9. The number of hydrogen-bond acceptors (Lipinski definition) is 11. The molecule has 0 unspecified atom stereocenters. The lowest BCUT2D eigenvalue weighted by Crippen LogP contribution is -2.00. The number of fused-ring (bicyclic) bond motifs is 9. The van der Waals surface area contributed by atoms with Crippen molar-refractivity contribution in [3.63, 3.8) is 0 Å². The molecule has 0 N–H and O–H groups in total. The number of para-hydroxylation sites is 4. The average molecular weight is 1550 g/mol. The van der Waals surface area contributed by atoms with Gasteiger partial charge < -0.3 is 4.57 Å². The molecule has 23 aromatic rings. The van der Waals surface area contributed by atoms with E-state index in [1.54, 1.807) is 0 Å². The molecule has 121 heavy (non-hydrogen) atoms. The Kier molecular flexibility index (Phi) is 17.9. The summed E-state index contributed by atoms with van der Waals surface area (Å²) in [7, 11) is 0. The quantitative estimate of drug-likeness (QED) is 0.109. The lowest BCUT2D eigenvalue weighted by molar-refractivity contribution is 1.07. The van der Waals surface area contributed by atoms with Gasteiger partial charge in [0.05, 0.1) is 78.3 Å². The highest BCUT2D eigenvalue weighted by Gasteiger charge is 2.20. The summed E-state index contributed by atoms with van der Waals surface area (Å²) in [5, 5.41) is 8.99. The smallest absolute Gasteiger partial charge is 0.164 e. The summed E-state index contributed by atoms with van der Waals surface area (Å²) < 4.78 is 2.34. The van der Waals surface area contributed by atoms with E-state index in [1.807, 2.05) is 116 Å². The Morgan fingerprint density at radius 3 is 0.942 bits per heavy atom. The monoisotopic (exact) mass is 1540 g/mol. The molecule has 23 rings (SSSR count). The molecule has 0 radical (unpaired) electrons. The maximum absolute atomic E-state index is 5.25. The summed E-state index contributed by atoms with van der Waals surface area (Å²) in [6, 6.07) is 138. The van der Waals surface area contributed by atoms with Crippen LogP contribution in [-0.4, -0.2) is 59.4 Å². The highest BCUT2D eigenvalue weighted by molar-refractivity contribution is 6.09. The Morgan fingerprint density at radius 2 is 0.496 bits per heavy atom. The van der Waals surface area contributed by atoms with E-state index in [-0.39, 0.29) is 0 Å². The first kappa shape index (κ1) is 71.0. The molecule has 9 aromatic heterocycles. The molecular formula is C109H68N12. The third-order valence-corrected chi connectivity index (χ3v) is 22.6. The van der Waals surface area contributed by atoms with Crippen LogP contribution in [0.1, 0.15) is 0 Å². The van der Waals surface area contributed by atoms with Crippen molar-refractivity contribution in [2.45, 2.75) is 0 Å². The molecule has 0 saturated heterocycles. The molecule has 0 aliphatic carbocycles. The van der Waals surface area contributed by atoms with Gasteiger partial charge in [-0.05, 0) is 125 Å². The molecule has 14 aromatic carbocycles. The van der Waals surface area contributed by atoms with Gasteiger partial charge in [-0.2, -0.15) is 0 Å². The van der Waals surface area contributed by atoms with Gasteiger partial charge in [-0.25, -0.2) is 44.9 Å². The molecule has 12 nitrogen and oxygen atoms in total. The average Bonchev–Trinajstić information content (AvgIpc) is 1.59. The summed E-state index contributed by atoms with van der Waals surface area (Å²) in [5.74, 6) is 2.54. The molecule has 0 atom stereocenters. The Hall–Kier alpha value is -16.6. The van der Waals surface area contributed by atoms with E-state index < -0.39 is 0 Å². The van der Waals surface area contributed by atoms with Crippen molar-refractivity contribution in [3.05, 3.63) is 413 Å². The topological polar surface area (TPSA) is 147 Å². The second-order valence-corrected chi connectivity index (χ2v) is 30.1. The van der Waals surface area contributed by atoms with E-state index in [9.17, 15) is 0 Å². The van der Waals surface area contributed by atoms with Crippen molar-refractivity contribution in [2.24, 2.45) is 0 Å². The highest BCUT2D eigenvalue weighted by Crippen LogP contribution is 2.39. The van der Waals surface area contributed by atoms with Crippen molar-refractivity contribution in [3.8, 4) is 141 Å². The van der Waals surface area contributed by atoms with Crippen LogP contribution in [-0.2, 0) is 0 Å². The van der Waals surface area contributed by atoms with E-state index in [4.69, 9.17) is 44.9 Å². The van der Waals surface area contributed by atoms with Crippen LogP contribution >= 0.6 is 0 Å². The number of rotatable bonds is 13. The second kappa shape index (κ2) is 30.6. The van der Waals surface area contributed by atoms with Crippen LogP contribution in [0.25, 0.3) is 228 Å². The first-order valence-electron chi connectivity index (χ1n) is 40.3. The van der Waals surface area contributed by atoms with Gasteiger partial charge in [0.1, 0.15) is 0 Å². The number of pyridine rings is 6. The molecule has 0 bridgehead atoms. The Morgan fingerprint density at radius 1 is 0.174 bits per heavy atom. The zero-order chi connectivity index (χ0) is 80.1. The molecular weight excluding hydrogens is 1480 g/mol. The van der Waals surface area contributed by atoms with E-state index in [2.05, 4.69) is 312 Å². The Balaban J connectivity index is 0.000000148. The zero-order valence-corrected chi connectivity index (χ0v) is 65.1. The fourth-order valence-electron chi connectivity index (χ4n) is 16.5. The summed E-state index contributed by atoms with van der Waals surface area (Å²) in [6.45, 7) is 0. The van der Waals surface area contributed by atoms with Crippen molar-refractivity contribution in [1.82, 2.24) is 59.4 Å². The van der Waals surface area contributed by atoms with Gasteiger partial charge in [0.2, 0.25) is 0 Å². The maximum atomic E-state index is 5.25. The molecule has 0 saturated carbocycles. The summed E-state index contributed by atoms with van der Waals surface area (Å²) in [5.41, 5.74) is 28.4. The number of nitrogens with zero attached hydrogens (tertiary/aromatic N) is 12. The predicted molar refractivity (Wildman–Crippen MR) is 493 cm³/mol. The van der Waals surface area contributed by atoms with Gasteiger partial charge in [0, 0.05) is 117 Å². The molecule has 0 aliphatic rings. The van der Waals surface area contributed by atoms with E-state index in [0.717, 1.165) is 183 Å². The van der Waals surface area contributed by atoms with Gasteiger partial charge in [-0.1, -0.05) is 297 Å². The van der Waals surface area contributed by atoms with Gasteiger partial charge >= 0.3 is 0 Å². The Labute approximate surface area is 696 Å². The zero-order valence-electron chi connectivity index (χ0n) is 65.1. The van der Waals surface area contributed by atoms with Crippen LogP contribution in [0.5, 0.6) is 0 Å². The van der Waals surface area contributed by atoms with Crippen LogP contribution in [0, 0.1) is 0 Å². The Bertz CT molecular complexity index is 7850. The van der Waals surface area contributed by atoms with Gasteiger partial charge in [0.15, 0.2) is 23.3 Å². The van der Waals surface area contributed by atoms with E-state index >= 15 is 0 Å². The van der Waals surface area contributed by atoms with E-state index in [0.29, 0.717) is 23.3 Å². The van der Waals surface area contributed by atoms with Gasteiger partial charge in [0.25, 0.3) is 0 Å². The number of benzene rings is 14. The van der Waals surface area contributed by atoms with Crippen molar-refractivity contribution >= 4 is 87.2 Å². The largest absolute Gasteiger partial charge is 0.309 e. The fraction of sp³-hybridized carbons (Fsp3) is 0. The minimum atomic E-state index is 0.609. The van der Waals surface area contributed by atoms with Crippen molar-refractivity contribution in [1.29, 1.82) is 0 Å². The molecule has 564 valence electrons. The third-order valence-electron chi connectivity index (χ3n) is 22.6. The molecule has 9 heterocycles. The summed E-state index contributed by atoms with van der Waals surface area (Å²) in [6.07, 6.45) is 3.67. The molecule has 0 fully saturated rings.